The highest BCUT2D eigenvalue weighted by Gasteiger charge is 2.46. The van der Waals surface area contributed by atoms with Crippen LogP contribution >= 0.6 is 0 Å². The van der Waals surface area contributed by atoms with Crippen molar-refractivity contribution in [3.63, 3.8) is 0 Å². The van der Waals surface area contributed by atoms with Gasteiger partial charge in [-0.3, -0.25) is 0 Å². The van der Waals surface area contributed by atoms with Crippen molar-refractivity contribution < 1.29 is 19.0 Å². The molecule has 0 aliphatic heterocycles. The van der Waals surface area contributed by atoms with Gasteiger partial charge in [0, 0.05) is 26.4 Å². The van der Waals surface area contributed by atoms with Crippen LogP contribution in [-0.4, -0.2) is 53.1 Å². The summed E-state index contributed by atoms with van der Waals surface area (Å²) in [6, 6.07) is 0. The topological polar surface area (TPSA) is 47.9 Å². The summed E-state index contributed by atoms with van der Waals surface area (Å²) in [5.41, 5.74) is 1.74. The highest BCUT2D eigenvalue weighted by molar-refractivity contribution is 6.77. The number of hydrogen-bond donors (Lipinski definition) is 1. The molecule has 0 fully saturated rings. The van der Waals surface area contributed by atoms with Gasteiger partial charge in [-0.1, -0.05) is 48.5 Å². The van der Waals surface area contributed by atoms with Crippen molar-refractivity contribution in [1.82, 2.24) is 0 Å². The van der Waals surface area contributed by atoms with Crippen molar-refractivity contribution in [2.45, 2.75) is 84.5 Å². The number of rotatable bonds is 14. The lowest BCUT2D eigenvalue weighted by Gasteiger charge is -2.46. The van der Waals surface area contributed by atoms with Crippen molar-refractivity contribution in [3.05, 3.63) is 0 Å². The Kier molecular flexibility index (Phi) is 12.5. The number of aliphatic hydroxyl groups excluding tert-OH is 1. The van der Waals surface area contributed by atoms with Crippen LogP contribution in [0.5, 0.6) is 0 Å². The van der Waals surface area contributed by atoms with E-state index in [1.165, 1.54) is 0 Å². The molecule has 5 heteroatoms. The van der Waals surface area contributed by atoms with Crippen molar-refractivity contribution in [2.75, 3.05) is 33.5 Å². The molecular formula is C20H44O4Si. The van der Waals surface area contributed by atoms with Gasteiger partial charge in [-0.2, -0.15) is 0 Å². The predicted octanol–water partition coefficient (Wildman–Crippen LogP) is 4.86. The van der Waals surface area contributed by atoms with Crippen LogP contribution < -0.4 is 0 Å². The first-order valence-electron chi connectivity index (χ1n) is 10.00. The first-order valence-corrected chi connectivity index (χ1v) is 12.1. The first kappa shape index (κ1) is 25.1. The van der Waals surface area contributed by atoms with Crippen molar-refractivity contribution >= 4 is 8.32 Å². The molecule has 3 atom stereocenters. The molecule has 0 rings (SSSR count). The minimum Gasteiger partial charge on any atom is -0.413 e. The van der Waals surface area contributed by atoms with Crippen molar-refractivity contribution in [1.29, 1.82) is 0 Å². The Morgan fingerprint density at radius 3 is 1.76 bits per heavy atom. The first-order chi connectivity index (χ1) is 11.6. The standard InChI is InChI=1S/C20H44O4Si/c1-15(2)25(16(3)4,17(5)6)24-19(8)18(7)20(10-11-21)14-23-13-12-22-9/h15-21H,10-14H2,1-9H3/t18-,19+,20-/m1/s1. The summed E-state index contributed by atoms with van der Waals surface area (Å²) in [6.07, 6.45) is 0.919. The third kappa shape index (κ3) is 7.29. The van der Waals surface area contributed by atoms with E-state index in [1.54, 1.807) is 7.11 Å². The van der Waals surface area contributed by atoms with E-state index in [-0.39, 0.29) is 12.7 Å². The Hall–Kier alpha value is 0.0569. The Morgan fingerprint density at radius 2 is 1.36 bits per heavy atom. The Bertz CT molecular complexity index is 312. The molecular weight excluding hydrogens is 332 g/mol. The maximum absolute atomic E-state index is 9.45. The van der Waals surface area contributed by atoms with Gasteiger partial charge in [0.2, 0.25) is 8.32 Å². The lowest BCUT2D eigenvalue weighted by atomic mass is 9.88. The van der Waals surface area contributed by atoms with E-state index in [4.69, 9.17) is 13.9 Å². The molecule has 0 saturated heterocycles. The maximum Gasteiger partial charge on any atom is 0.200 e. The molecule has 0 aliphatic carbocycles. The van der Waals surface area contributed by atoms with Crippen molar-refractivity contribution in [2.24, 2.45) is 11.8 Å². The lowest BCUT2D eigenvalue weighted by Crippen LogP contribution is -2.51. The molecule has 1 N–H and O–H groups in total. The minimum absolute atomic E-state index is 0.168. The van der Waals surface area contributed by atoms with Gasteiger partial charge in [-0.25, -0.2) is 0 Å². The van der Waals surface area contributed by atoms with E-state index < -0.39 is 8.32 Å². The molecule has 0 aromatic rings. The highest BCUT2D eigenvalue weighted by atomic mass is 28.4. The Labute approximate surface area is 157 Å². The van der Waals surface area contributed by atoms with E-state index in [2.05, 4.69) is 55.4 Å². The molecule has 0 aliphatic rings. The average Bonchev–Trinajstić information content (AvgIpc) is 2.53. The second-order valence-electron chi connectivity index (χ2n) is 8.34. The van der Waals surface area contributed by atoms with Crippen LogP contribution in [0.2, 0.25) is 16.6 Å². The third-order valence-electron chi connectivity index (χ3n) is 5.84. The summed E-state index contributed by atoms with van der Waals surface area (Å²) in [4.78, 5) is 0. The van der Waals surface area contributed by atoms with Gasteiger partial charge < -0.3 is 19.0 Å². The van der Waals surface area contributed by atoms with E-state index >= 15 is 0 Å². The zero-order chi connectivity index (χ0) is 19.6. The van der Waals surface area contributed by atoms with Crippen LogP contribution in [0.1, 0.15) is 61.8 Å². The quantitative estimate of drug-likeness (QED) is 0.347. The molecule has 0 spiro atoms. The van der Waals surface area contributed by atoms with Gasteiger partial charge in [0.15, 0.2) is 0 Å². The van der Waals surface area contributed by atoms with Crippen molar-refractivity contribution in [3.8, 4) is 0 Å². The second-order valence-corrected chi connectivity index (χ2v) is 13.7. The molecule has 0 heterocycles. The number of hydrogen-bond acceptors (Lipinski definition) is 4. The highest BCUT2D eigenvalue weighted by Crippen LogP contribution is 2.44. The normalized spacial score (nSPS) is 16.7. The Morgan fingerprint density at radius 1 is 0.840 bits per heavy atom. The van der Waals surface area contributed by atoms with Crippen LogP contribution in [0.3, 0.4) is 0 Å². The summed E-state index contributed by atoms with van der Waals surface area (Å²) in [6.45, 7) is 20.4. The Balaban J connectivity index is 5.07. The average molecular weight is 377 g/mol. The third-order valence-corrected chi connectivity index (χ3v) is 12.0. The van der Waals surface area contributed by atoms with Gasteiger partial charge >= 0.3 is 0 Å². The largest absolute Gasteiger partial charge is 0.413 e. The summed E-state index contributed by atoms with van der Waals surface area (Å²) >= 11 is 0. The molecule has 25 heavy (non-hydrogen) atoms. The fraction of sp³-hybridized carbons (Fsp3) is 1.00. The molecule has 0 bridgehead atoms. The summed E-state index contributed by atoms with van der Waals surface area (Å²) in [5, 5.41) is 9.45. The van der Waals surface area contributed by atoms with E-state index in [0.29, 0.717) is 48.3 Å². The van der Waals surface area contributed by atoms with Gasteiger partial charge in [-0.15, -0.1) is 0 Å². The zero-order valence-electron chi connectivity index (χ0n) is 18.2. The number of aliphatic hydroxyl groups is 1. The molecule has 0 unspecified atom stereocenters. The second kappa shape index (κ2) is 12.4. The zero-order valence-corrected chi connectivity index (χ0v) is 19.2. The fourth-order valence-corrected chi connectivity index (χ4v) is 9.94. The predicted molar refractivity (Wildman–Crippen MR) is 109 cm³/mol. The molecule has 0 radical (unpaired) electrons. The molecule has 0 aromatic heterocycles. The van der Waals surface area contributed by atoms with Gasteiger partial charge in [0.1, 0.15) is 0 Å². The van der Waals surface area contributed by atoms with Crippen LogP contribution in [0.15, 0.2) is 0 Å². The smallest absolute Gasteiger partial charge is 0.200 e. The van der Waals surface area contributed by atoms with Crippen LogP contribution in [0.25, 0.3) is 0 Å². The molecule has 0 aromatic carbocycles. The van der Waals surface area contributed by atoms with Gasteiger partial charge in [0.05, 0.1) is 13.2 Å². The SMILES string of the molecule is COCCOC[C@@H](CCO)[C@H](C)[C@H](C)O[Si](C(C)C)(C(C)C)C(C)C. The fourth-order valence-electron chi connectivity index (χ4n) is 4.26. The lowest BCUT2D eigenvalue weighted by molar-refractivity contribution is 0.0101. The summed E-state index contributed by atoms with van der Waals surface area (Å²) in [5.74, 6) is 0.646. The van der Waals surface area contributed by atoms with E-state index in [1.807, 2.05) is 0 Å². The van der Waals surface area contributed by atoms with E-state index in [0.717, 1.165) is 6.42 Å². The van der Waals surface area contributed by atoms with Gasteiger partial charge in [0.25, 0.3) is 0 Å². The minimum atomic E-state index is -1.89. The molecule has 152 valence electrons. The molecule has 4 nitrogen and oxygen atoms in total. The number of methoxy groups -OCH3 is 1. The molecule has 0 amide bonds. The monoisotopic (exact) mass is 376 g/mol. The van der Waals surface area contributed by atoms with Crippen LogP contribution in [0, 0.1) is 11.8 Å². The number of ether oxygens (including phenoxy) is 2. The maximum atomic E-state index is 9.45. The molecule has 0 saturated carbocycles. The summed E-state index contributed by atoms with van der Waals surface area (Å²) in [7, 11) is -0.208. The van der Waals surface area contributed by atoms with Gasteiger partial charge in [-0.05, 0) is 41.8 Å². The summed E-state index contributed by atoms with van der Waals surface area (Å²) < 4.78 is 17.7. The van der Waals surface area contributed by atoms with Crippen LogP contribution in [0.4, 0.5) is 0 Å². The van der Waals surface area contributed by atoms with Crippen LogP contribution in [-0.2, 0) is 13.9 Å². The van der Waals surface area contributed by atoms with E-state index in [9.17, 15) is 5.11 Å².